The van der Waals surface area contributed by atoms with Crippen molar-refractivity contribution in [1.29, 1.82) is 0 Å². The number of alkyl halides is 3. The molecule has 0 aromatic heterocycles. The van der Waals surface area contributed by atoms with Gasteiger partial charge in [-0.2, -0.15) is 13.2 Å². The minimum absolute atomic E-state index is 0.0304. The molecule has 20 heavy (non-hydrogen) atoms. The fraction of sp³-hybridized carbons (Fsp3) is 0.143. The third-order valence-electron chi connectivity index (χ3n) is 2.65. The van der Waals surface area contributed by atoms with Crippen LogP contribution in [0.4, 0.5) is 23.2 Å². The summed E-state index contributed by atoms with van der Waals surface area (Å²) >= 11 is 0. The number of rotatable bonds is 3. The normalized spacial score (nSPS) is 11.4. The van der Waals surface area contributed by atoms with Gasteiger partial charge in [0, 0.05) is 11.3 Å². The standard InChI is InChI=1S/C14H11F4NO/c15-10-2-5-12(6-3-10)20-8-9-1-4-11(19)7-13(9)14(16,17)18/h1-7H,8,19H2. The van der Waals surface area contributed by atoms with E-state index in [2.05, 4.69) is 0 Å². The number of benzene rings is 2. The smallest absolute Gasteiger partial charge is 0.416 e. The number of anilines is 1. The molecule has 2 nitrogen and oxygen atoms in total. The first-order valence-corrected chi connectivity index (χ1v) is 5.70. The molecule has 6 heteroatoms. The van der Waals surface area contributed by atoms with Crippen LogP contribution in [0.25, 0.3) is 0 Å². The zero-order valence-corrected chi connectivity index (χ0v) is 10.2. The Labute approximate surface area is 112 Å². The Balaban J connectivity index is 2.19. The van der Waals surface area contributed by atoms with Crippen LogP contribution in [0.1, 0.15) is 11.1 Å². The highest BCUT2D eigenvalue weighted by molar-refractivity contribution is 5.46. The van der Waals surface area contributed by atoms with Gasteiger partial charge in [-0.1, -0.05) is 6.07 Å². The molecule has 0 fully saturated rings. The summed E-state index contributed by atoms with van der Waals surface area (Å²) in [6.07, 6.45) is -4.50. The Morgan fingerprint density at radius 3 is 2.25 bits per heavy atom. The highest BCUT2D eigenvalue weighted by atomic mass is 19.4. The van der Waals surface area contributed by atoms with Crippen LogP contribution < -0.4 is 10.5 Å². The maximum atomic E-state index is 12.8. The van der Waals surface area contributed by atoms with Crippen molar-refractivity contribution in [1.82, 2.24) is 0 Å². The lowest BCUT2D eigenvalue weighted by molar-refractivity contribution is -0.138. The monoisotopic (exact) mass is 285 g/mol. The van der Waals surface area contributed by atoms with E-state index in [1.54, 1.807) is 0 Å². The molecule has 2 N–H and O–H groups in total. The highest BCUT2D eigenvalue weighted by Gasteiger charge is 2.33. The Morgan fingerprint density at radius 2 is 1.65 bits per heavy atom. The second-order valence-electron chi connectivity index (χ2n) is 4.16. The summed E-state index contributed by atoms with van der Waals surface area (Å²) < 4.78 is 56.5. The van der Waals surface area contributed by atoms with Crippen molar-refractivity contribution in [3.05, 3.63) is 59.4 Å². The molecule has 0 unspecified atom stereocenters. The van der Waals surface area contributed by atoms with E-state index in [1.165, 1.54) is 36.4 Å². The Hall–Kier alpha value is -2.24. The molecule has 2 rings (SSSR count). The predicted molar refractivity (Wildman–Crippen MR) is 66.6 cm³/mol. The molecule has 0 aliphatic carbocycles. The van der Waals surface area contributed by atoms with Crippen LogP contribution in [0.5, 0.6) is 5.75 Å². The largest absolute Gasteiger partial charge is 0.489 e. The third kappa shape index (κ3) is 3.40. The molecule has 2 aromatic carbocycles. The van der Waals surface area contributed by atoms with E-state index < -0.39 is 17.6 Å². The number of nitrogens with two attached hydrogens (primary N) is 1. The van der Waals surface area contributed by atoms with Crippen LogP contribution in [0.15, 0.2) is 42.5 Å². The van der Waals surface area contributed by atoms with Crippen molar-refractivity contribution in [2.24, 2.45) is 0 Å². The number of ether oxygens (including phenoxy) is 1. The molecule has 0 saturated heterocycles. The molecule has 0 spiro atoms. The van der Waals surface area contributed by atoms with Crippen LogP contribution in [0.3, 0.4) is 0 Å². The fourth-order valence-electron chi connectivity index (χ4n) is 1.68. The van der Waals surface area contributed by atoms with Gasteiger partial charge in [-0.25, -0.2) is 4.39 Å². The van der Waals surface area contributed by atoms with Gasteiger partial charge in [-0.15, -0.1) is 0 Å². The molecule has 106 valence electrons. The quantitative estimate of drug-likeness (QED) is 0.683. The predicted octanol–water partition coefficient (Wildman–Crippen LogP) is 4.01. The molecule has 0 aliphatic heterocycles. The molecule has 0 amide bonds. The van der Waals surface area contributed by atoms with Gasteiger partial charge in [0.15, 0.2) is 0 Å². The number of hydrogen-bond acceptors (Lipinski definition) is 2. The van der Waals surface area contributed by atoms with Gasteiger partial charge in [0.05, 0.1) is 5.56 Å². The second kappa shape index (κ2) is 5.40. The van der Waals surface area contributed by atoms with Gasteiger partial charge in [0.25, 0.3) is 0 Å². The van der Waals surface area contributed by atoms with Gasteiger partial charge in [0.2, 0.25) is 0 Å². The maximum Gasteiger partial charge on any atom is 0.416 e. The molecule has 0 heterocycles. The van der Waals surface area contributed by atoms with Crippen molar-refractivity contribution in [3.8, 4) is 5.75 Å². The molecule has 0 atom stereocenters. The van der Waals surface area contributed by atoms with E-state index in [9.17, 15) is 17.6 Å². The lowest BCUT2D eigenvalue weighted by atomic mass is 10.1. The average molecular weight is 285 g/mol. The van der Waals surface area contributed by atoms with Gasteiger partial charge < -0.3 is 10.5 Å². The lowest BCUT2D eigenvalue weighted by Gasteiger charge is -2.14. The van der Waals surface area contributed by atoms with Crippen LogP contribution in [0, 0.1) is 5.82 Å². The molecule has 2 aromatic rings. The lowest BCUT2D eigenvalue weighted by Crippen LogP contribution is -2.11. The summed E-state index contributed by atoms with van der Waals surface area (Å²) in [6.45, 7) is -0.277. The van der Waals surface area contributed by atoms with Gasteiger partial charge >= 0.3 is 6.18 Å². The van der Waals surface area contributed by atoms with E-state index in [0.717, 1.165) is 6.07 Å². The van der Waals surface area contributed by atoms with Crippen molar-refractivity contribution >= 4 is 5.69 Å². The van der Waals surface area contributed by atoms with Gasteiger partial charge in [-0.3, -0.25) is 0 Å². The van der Waals surface area contributed by atoms with E-state index >= 15 is 0 Å². The molecular formula is C14H11F4NO. The van der Waals surface area contributed by atoms with E-state index in [-0.39, 0.29) is 23.6 Å². The molecule has 0 bridgehead atoms. The van der Waals surface area contributed by atoms with Gasteiger partial charge in [-0.05, 0) is 36.4 Å². The summed E-state index contributed by atoms with van der Waals surface area (Å²) in [6, 6.07) is 8.54. The average Bonchev–Trinajstić information content (AvgIpc) is 2.38. The topological polar surface area (TPSA) is 35.2 Å². The van der Waals surface area contributed by atoms with Crippen molar-refractivity contribution < 1.29 is 22.3 Å². The van der Waals surface area contributed by atoms with Crippen molar-refractivity contribution in [2.75, 3.05) is 5.73 Å². The zero-order valence-electron chi connectivity index (χ0n) is 10.2. The van der Waals surface area contributed by atoms with Crippen molar-refractivity contribution in [2.45, 2.75) is 12.8 Å². The summed E-state index contributed by atoms with van der Waals surface area (Å²) in [7, 11) is 0. The zero-order chi connectivity index (χ0) is 14.8. The summed E-state index contributed by atoms with van der Waals surface area (Å²) in [5.74, 6) is -0.155. The Bertz CT molecular complexity index is 593. The minimum Gasteiger partial charge on any atom is -0.489 e. The van der Waals surface area contributed by atoms with Crippen LogP contribution in [-0.2, 0) is 12.8 Å². The first kappa shape index (κ1) is 14.2. The number of hydrogen-bond donors (Lipinski definition) is 1. The first-order chi connectivity index (χ1) is 9.36. The second-order valence-corrected chi connectivity index (χ2v) is 4.16. The third-order valence-corrected chi connectivity index (χ3v) is 2.65. The van der Waals surface area contributed by atoms with E-state index in [0.29, 0.717) is 0 Å². The van der Waals surface area contributed by atoms with Crippen LogP contribution >= 0.6 is 0 Å². The SMILES string of the molecule is Nc1ccc(COc2ccc(F)cc2)c(C(F)(F)F)c1. The van der Waals surface area contributed by atoms with Gasteiger partial charge in [0.1, 0.15) is 18.2 Å². The number of nitrogen functional groups attached to an aromatic ring is 1. The Kier molecular flexibility index (Phi) is 3.83. The van der Waals surface area contributed by atoms with E-state index in [4.69, 9.17) is 10.5 Å². The number of halogens is 4. The highest BCUT2D eigenvalue weighted by Crippen LogP contribution is 2.33. The van der Waals surface area contributed by atoms with Crippen LogP contribution in [-0.4, -0.2) is 0 Å². The van der Waals surface area contributed by atoms with Crippen LogP contribution in [0.2, 0.25) is 0 Å². The summed E-state index contributed by atoms with van der Waals surface area (Å²) in [5, 5.41) is 0. The summed E-state index contributed by atoms with van der Waals surface area (Å²) in [4.78, 5) is 0. The molecule has 0 saturated carbocycles. The van der Waals surface area contributed by atoms with Crippen molar-refractivity contribution in [3.63, 3.8) is 0 Å². The van der Waals surface area contributed by atoms with E-state index in [1.807, 2.05) is 0 Å². The first-order valence-electron chi connectivity index (χ1n) is 5.70. The molecular weight excluding hydrogens is 274 g/mol. The maximum absolute atomic E-state index is 12.8. The fourth-order valence-corrected chi connectivity index (χ4v) is 1.68. The minimum atomic E-state index is -4.50. The molecule has 0 radical (unpaired) electrons. The summed E-state index contributed by atoms with van der Waals surface area (Å²) in [5.41, 5.74) is 4.53. The molecule has 0 aliphatic rings. The Morgan fingerprint density at radius 1 is 1.00 bits per heavy atom.